The van der Waals surface area contributed by atoms with Crippen LogP contribution in [0.4, 0.5) is 4.39 Å². The molecule has 0 amide bonds. The van der Waals surface area contributed by atoms with Crippen molar-refractivity contribution in [3.63, 3.8) is 0 Å². The van der Waals surface area contributed by atoms with Gasteiger partial charge in [-0.25, -0.2) is 17.8 Å². The van der Waals surface area contributed by atoms with Gasteiger partial charge in [0.1, 0.15) is 11.6 Å². The summed E-state index contributed by atoms with van der Waals surface area (Å²) in [5.74, 6) is 0.669. The van der Waals surface area contributed by atoms with E-state index in [-0.39, 0.29) is 28.4 Å². The van der Waals surface area contributed by atoms with Crippen molar-refractivity contribution >= 4 is 21.6 Å². The molecule has 3 rings (SSSR count). The van der Waals surface area contributed by atoms with Crippen LogP contribution in [-0.4, -0.2) is 24.3 Å². The van der Waals surface area contributed by atoms with Crippen LogP contribution in [0.1, 0.15) is 38.1 Å². The molecule has 0 bridgehead atoms. The van der Waals surface area contributed by atoms with Crippen molar-refractivity contribution in [2.45, 2.75) is 44.0 Å². The summed E-state index contributed by atoms with van der Waals surface area (Å²) in [4.78, 5) is 4.42. The highest BCUT2D eigenvalue weighted by atomic mass is 35.5. The first-order valence-electron chi connectivity index (χ1n) is 7.53. The Bertz CT molecular complexity index is 887. The zero-order valence-electron chi connectivity index (χ0n) is 13.6. The standard InChI is InChI=1S/C16H18ClFN2O3S/c1-16(2,3)15-19-13-9-20(7-6-14(13)23-15)24(21,22)10-4-5-12(18)11(17)8-10/h4-5,8H,6-7,9H2,1-3H3. The SMILES string of the molecule is CC(C)(C)c1nc2c(o1)CCN(S(=O)(=O)c1ccc(F)c(Cl)c1)C2. The Balaban J connectivity index is 1.91. The highest BCUT2D eigenvalue weighted by Gasteiger charge is 2.33. The van der Waals surface area contributed by atoms with Gasteiger partial charge in [-0.15, -0.1) is 0 Å². The fourth-order valence-electron chi connectivity index (χ4n) is 2.49. The second kappa shape index (κ2) is 5.82. The van der Waals surface area contributed by atoms with Gasteiger partial charge in [0, 0.05) is 18.4 Å². The van der Waals surface area contributed by atoms with Crippen LogP contribution in [0.25, 0.3) is 0 Å². The summed E-state index contributed by atoms with van der Waals surface area (Å²) in [6.45, 7) is 6.37. The number of halogens is 2. The number of nitrogens with zero attached hydrogens (tertiary/aromatic N) is 2. The predicted molar refractivity (Wildman–Crippen MR) is 87.9 cm³/mol. The van der Waals surface area contributed by atoms with Crippen molar-refractivity contribution in [3.05, 3.63) is 46.4 Å². The molecule has 130 valence electrons. The van der Waals surface area contributed by atoms with E-state index >= 15 is 0 Å². The minimum absolute atomic E-state index is 0.0307. The third-order valence-corrected chi connectivity index (χ3v) is 5.99. The number of aromatic nitrogens is 1. The Hall–Kier alpha value is -1.44. The van der Waals surface area contributed by atoms with E-state index in [4.69, 9.17) is 16.0 Å². The summed E-state index contributed by atoms with van der Waals surface area (Å²) in [6.07, 6.45) is 0.451. The number of benzene rings is 1. The number of oxazole rings is 1. The molecule has 0 fully saturated rings. The summed E-state index contributed by atoms with van der Waals surface area (Å²) in [5, 5.41) is -0.217. The lowest BCUT2D eigenvalue weighted by molar-refractivity contribution is 0.338. The number of hydrogen-bond acceptors (Lipinski definition) is 4. The topological polar surface area (TPSA) is 63.4 Å². The fourth-order valence-corrected chi connectivity index (χ4v) is 4.16. The van der Waals surface area contributed by atoms with E-state index in [1.807, 2.05) is 20.8 Å². The third kappa shape index (κ3) is 3.08. The van der Waals surface area contributed by atoms with E-state index in [9.17, 15) is 12.8 Å². The van der Waals surface area contributed by atoms with Gasteiger partial charge in [-0.2, -0.15) is 4.31 Å². The van der Waals surface area contributed by atoms with Gasteiger partial charge in [-0.1, -0.05) is 32.4 Å². The van der Waals surface area contributed by atoms with E-state index in [1.165, 1.54) is 10.4 Å². The number of hydrogen-bond donors (Lipinski definition) is 0. The van der Waals surface area contributed by atoms with Crippen LogP contribution in [0.15, 0.2) is 27.5 Å². The summed E-state index contributed by atoms with van der Waals surface area (Å²) >= 11 is 5.71. The molecule has 24 heavy (non-hydrogen) atoms. The Labute approximate surface area is 145 Å². The first kappa shape index (κ1) is 17.4. The Morgan fingerprint density at radius 3 is 2.67 bits per heavy atom. The molecule has 2 heterocycles. The molecule has 2 aromatic rings. The van der Waals surface area contributed by atoms with Gasteiger partial charge in [0.2, 0.25) is 10.0 Å². The smallest absolute Gasteiger partial charge is 0.243 e. The fraction of sp³-hybridized carbons (Fsp3) is 0.438. The van der Waals surface area contributed by atoms with Gasteiger partial charge in [0.25, 0.3) is 0 Å². The van der Waals surface area contributed by atoms with Crippen LogP contribution in [0.3, 0.4) is 0 Å². The summed E-state index contributed by atoms with van der Waals surface area (Å²) in [7, 11) is -3.77. The van der Waals surface area contributed by atoms with E-state index in [2.05, 4.69) is 4.98 Å². The Kier molecular flexibility index (Phi) is 4.22. The number of fused-ring (bicyclic) bond motifs is 1. The lowest BCUT2D eigenvalue weighted by atomic mass is 9.97. The first-order valence-corrected chi connectivity index (χ1v) is 9.35. The van der Waals surface area contributed by atoms with Crippen LogP contribution in [-0.2, 0) is 28.4 Å². The van der Waals surface area contributed by atoms with Crippen LogP contribution in [0.5, 0.6) is 0 Å². The van der Waals surface area contributed by atoms with Gasteiger partial charge in [-0.3, -0.25) is 0 Å². The number of rotatable bonds is 2. The predicted octanol–water partition coefficient (Wildman–Crippen LogP) is 3.51. The Morgan fingerprint density at radius 1 is 1.33 bits per heavy atom. The van der Waals surface area contributed by atoms with Crippen molar-refractivity contribution < 1.29 is 17.2 Å². The average Bonchev–Trinajstić information content (AvgIpc) is 2.93. The maximum Gasteiger partial charge on any atom is 0.243 e. The van der Waals surface area contributed by atoms with Crippen molar-refractivity contribution in [3.8, 4) is 0 Å². The molecule has 0 spiro atoms. The second-order valence-electron chi connectivity index (χ2n) is 6.80. The molecular weight excluding hydrogens is 355 g/mol. The number of sulfonamides is 1. The first-order chi connectivity index (χ1) is 11.1. The summed E-state index contributed by atoms with van der Waals surface area (Å²) in [6, 6.07) is 3.40. The van der Waals surface area contributed by atoms with E-state index < -0.39 is 15.8 Å². The minimum Gasteiger partial charge on any atom is -0.445 e. The van der Waals surface area contributed by atoms with Crippen molar-refractivity contribution in [2.24, 2.45) is 0 Å². The summed E-state index contributed by atoms with van der Waals surface area (Å²) < 4.78 is 45.9. The lowest BCUT2D eigenvalue weighted by Gasteiger charge is -2.24. The van der Waals surface area contributed by atoms with Gasteiger partial charge < -0.3 is 4.42 Å². The monoisotopic (exact) mass is 372 g/mol. The van der Waals surface area contributed by atoms with Crippen molar-refractivity contribution in [2.75, 3.05) is 6.54 Å². The van der Waals surface area contributed by atoms with Gasteiger partial charge in [-0.05, 0) is 18.2 Å². The highest BCUT2D eigenvalue weighted by Crippen LogP contribution is 2.30. The molecule has 0 saturated heterocycles. The second-order valence-corrected chi connectivity index (χ2v) is 9.15. The van der Waals surface area contributed by atoms with E-state index in [0.29, 0.717) is 18.0 Å². The molecule has 8 heteroatoms. The molecule has 0 N–H and O–H groups in total. The molecule has 1 aromatic carbocycles. The molecule has 0 aliphatic carbocycles. The van der Waals surface area contributed by atoms with Crippen LogP contribution >= 0.6 is 11.6 Å². The van der Waals surface area contributed by atoms with Gasteiger partial charge in [0.15, 0.2) is 5.89 Å². The molecule has 0 unspecified atom stereocenters. The zero-order valence-corrected chi connectivity index (χ0v) is 15.2. The molecule has 0 saturated carbocycles. The van der Waals surface area contributed by atoms with Crippen LogP contribution in [0.2, 0.25) is 5.02 Å². The van der Waals surface area contributed by atoms with E-state index in [0.717, 1.165) is 17.9 Å². The highest BCUT2D eigenvalue weighted by molar-refractivity contribution is 7.89. The molecule has 1 aliphatic rings. The molecule has 1 aromatic heterocycles. The molecule has 0 radical (unpaired) electrons. The normalized spacial score (nSPS) is 16.2. The Morgan fingerprint density at radius 2 is 2.04 bits per heavy atom. The lowest BCUT2D eigenvalue weighted by Crippen LogP contribution is -2.35. The molecule has 0 atom stereocenters. The van der Waals surface area contributed by atoms with Gasteiger partial charge in [0.05, 0.1) is 22.2 Å². The van der Waals surface area contributed by atoms with Crippen molar-refractivity contribution in [1.82, 2.24) is 9.29 Å². The maximum absolute atomic E-state index is 13.3. The largest absolute Gasteiger partial charge is 0.445 e. The van der Waals surface area contributed by atoms with Crippen molar-refractivity contribution in [1.29, 1.82) is 0 Å². The van der Waals surface area contributed by atoms with E-state index in [1.54, 1.807) is 0 Å². The summed E-state index contributed by atoms with van der Waals surface area (Å²) in [5.41, 5.74) is 0.383. The zero-order chi connectivity index (χ0) is 17.7. The molecular formula is C16H18ClFN2O3S. The molecule has 1 aliphatic heterocycles. The maximum atomic E-state index is 13.3. The average molecular weight is 373 g/mol. The third-order valence-electron chi connectivity index (χ3n) is 3.86. The van der Waals surface area contributed by atoms with Crippen LogP contribution in [0, 0.1) is 5.82 Å². The van der Waals surface area contributed by atoms with Gasteiger partial charge >= 0.3 is 0 Å². The van der Waals surface area contributed by atoms with Crippen LogP contribution < -0.4 is 0 Å². The molecule has 5 nitrogen and oxygen atoms in total. The minimum atomic E-state index is -3.77. The quantitative estimate of drug-likeness (QED) is 0.809.